The van der Waals surface area contributed by atoms with Gasteiger partial charge in [0.25, 0.3) is 0 Å². The molecule has 2 rings (SSSR count). The van der Waals surface area contributed by atoms with E-state index in [0.717, 1.165) is 31.9 Å². The molecule has 0 aliphatic carbocycles. The summed E-state index contributed by atoms with van der Waals surface area (Å²) >= 11 is 0. The van der Waals surface area contributed by atoms with Crippen LogP contribution in [0.5, 0.6) is 0 Å². The van der Waals surface area contributed by atoms with Crippen LogP contribution in [0.15, 0.2) is 48.7 Å². The van der Waals surface area contributed by atoms with Crippen LogP contribution >= 0.6 is 12.4 Å². The van der Waals surface area contributed by atoms with E-state index in [1.807, 2.05) is 6.20 Å². The molecule has 5 heteroatoms. The lowest BCUT2D eigenvalue weighted by molar-refractivity contribution is 0.276. The van der Waals surface area contributed by atoms with Gasteiger partial charge in [0.15, 0.2) is 0 Å². The maximum atomic E-state index is 5.79. The van der Waals surface area contributed by atoms with Gasteiger partial charge in [0.1, 0.15) is 5.82 Å². The predicted octanol–water partition coefficient (Wildman–Crippen LogP) is 3.35. The third-order valence-corrected chi connectivity index (χ3v) is 4.36. The molecule has 0 saturated carbocycles. The van der Waals surface area contributed by atoms with Crippen molar-refractivity contribution in [2.24, 2.45) is 5.73 Å². The molecule has 2 N–H and O–H groups in total. The monoisotopic (exact) mass is 362 g/mol. The van der Waals surface area contributed by atoms with Crippen LogP contribution in [-0.4, -0.2) is 42.6 Å². The highest BCUT2D eigenvalue weighted by Gasteiger charge is 2.09. The maximum Gasteiger partial charge on any atom is 0.128 e. The summed E-state index contributed by atoms with van der Waals surface area (Å²) in [5.41, 5.74) is 8.39. The van der Waals surface area contributed by atoms with Gasteiger partial charge in [-0.3, -0.25) is 4.90 Å². The van der Waals surface area contributed by atoms with Gasteiger partial charge in [-0.15, -0.1) is 12.4 Å². The molecule has 0 fully saturated rings. The van der Waals surface area contributed by atoms with Crippen LogP contribution in [0, 0.1) is 0 Å². The van der Waals surface area contributed by atoms with E-state index in [0.29, 0.717) is 12.6 Å². The number of nitrogens with two attached hydrogens (primary N) is 1. The number of anilines is 1. The van der Waals surface area contributed by atoms with Gasteiger partial charge in [0, 0.05) is 45.5 Å². The summed E-state index contributed by atoms with van der Waals surface area (Å²) in [5.74, 6) is 1.02. The minimum absolute atomic E-state index is 0. The van der Waals surface area contributed by atoms with E-state index in [9.17, 15) is 0 Å². The van der Waals surface area contributed by atoms with Crippen LogP contribution in [0.3, 0.4) is 0 Å². The first-order valence-electron chi connectivity index (χ1n) is 8.74. The zero-order chi connectivity index (χ0) is 17.4. The summed E-state index contributed by atoms with van der Waals surface area (Å²) in [7, 11) is 2.08. The molecule has 0 atom stereocenters. The topological polar surface area (TPSA) is 45.4 Å². The molecule has 0 spiro atoms. The summed E-state index contributed by atoms with van der Waals surface area (Å²) in [4.78, 5) is 9.18. The number of aromatic nitrogens is 1. The molecule has 4 nitrogen and oxygen atoms in total. The Morgan fingerprint density at radius 1 is 1.00 bits per heavy atom. The van der Waals surface area contributed by atoms with Crippen LogP contribution in [0.4, 0.5) is 5.82 Å². The summed E-state index contributed by atoms with van der Waals surface area (Å²) in [6.45, 7) is 7.82. The van der Waals surface area contributed by atoms with Gasteiger partial charge in [-0.2, -0.15) is 0 Å². The van der Waals surface area contributed by atoms with Crippen molar-refractivity contribution in [1.82, 2.24) is 9.88 Å². The Labute approximate surface area is 158 Å². The Balaban J connectivity index is 0.00000312. The summed E-state index contributed by atoms with van der Waals surface area (Å²) in [5, 5.41) is 0. The van der Waals surface area contributed by atoms with Crippen LogP contribution in [-0.2, 0) is 13.0 Å². The lowest BCUT2D eigenvalue weighted by Gasteiger charge is -2.24. The summed E-state index contributed by atoms with van der Waals surface area (Å²) < 4.78 is 0. The molecule has 1 aromatic carbocycles. The Hall–Kier alpha value is -1.62. The second-order valence-electron chi connectivity index (χ2n) is 6.53. The smallest absolute Gasteiger partial charge is 0.128 e. The molecule has 0 radical (unpaired) electrons. The van der Waals surface area contributed by atoms with Gasteiger partial charge in [-0.1, -0.05) is 36.4 Å². The Bertz CT molecular complexity index is 586. The Morgan fingerprint density at radius 2 is 1.72 bits per heavy atom. The van der Waals surface area contributed by atoms with Crippen LogP contribution in [0.25, 0.3) is 0 Å². The fourth-order valence-corrected chi connectivity index (χ4v) is 2.63. The highest BCUT2D eigenvalue weighted by molar-refractivity contribution is 5.85. The molecule has 0 saturated heterocycles. The number of hydrogen-bond donors (Lipinski definition) is 1. The molecule has 0 unspecified atom stereocenters. The molecule has 0 aliphatic rings. The average Bonchev–Trinajstić information content (AvgIpc) is 2.60. The fraction of sp³-hybridized carbons (Fsp3) is 0.450. The van der Waals surface area contributed by atoms with Crippen LogP contribution in [0.2, 0.25) is 0 Å². The second kappa shape index (κ2) is 11.1. The molecule has 1 heterocycles. The first-order valence-corrected chi connectivity index (χ1v) is 8.74. The molecule has 25 heavy (non-hydrogen) atoms. The molecular weight excluding hydrogens is 332 g/mol. The van der Waals surface area contributed by atoms with Crippen molar-refractivity contribution in [3.8, 4) is 0 Å². The minimum atomic E-state index is 0. The lowest BCUT2D eigenvalue weighted by atomic mass is 10.1. The highest BCUT2D eigenvalue weighted by atomic mass is 35.5. The molecule has 0 amide bonds. The lowest BCUT2D eigenvalue weighted by Crippen LogP contribution is -2.31. The normalized spacial score (nSPS) is 10.8. The predicted molar refractivity (Wildman–Crippen MR) is 110 cm³/mol. The maximum absolute atomic E-state index is 5.79. The van der Waals surface area contributed by atoms with Crippen molar-refractivity contribution in [3.63, 3.8) is 0 Å². The van der Waals surface area contributed by atoms with Gasteiger partial charge in [-0.25, -0.2) is 4.98 Å². The first-order chi connectivity index (χ1) is 11.6. The molecular formula is C20H31ClN4. The zero-order valence-corrected chi connectivity index (χ0v) is 16.4. The van der Waals surface area contributed by atoms with E-state index in [2.05, 4.69) is 78.1 Å². The van der Waals surface area contributed by atoms with Crippen molar-refractivity contribution in [1.29, 1.82) is 0 Å². The number of nitrogens with zero attached hydrogens (tertiary/aromatic N) is 3. The van der Waals surface area contributed by atoms with Gasteiger partial charge in [0.2, 0.25) is 0 Å². The van der Waals surface area contributed by atoms with E-state index in [1.54, 1.807) is 0 Å². The molecule has 0 aliphatic heterocycles. The van der Waals surface area contributed by atoms with Crippen LogP contribution < -0.4 is 10.6 Å². The molecule has 1 aromatic heterocycles. The van der Waals surface area contributed by atoms with Crippen molar-refractivity contribution < 1.29 is 0 Å². The van der Waals surface area contributed by atoms with Crippen molar-refractivity contribution in [3.05, 3.63) is 59.8 Å². The Kier molecular flexibility index (Phi) is 9.50. The third-order valence-electron chi connectivity index (χ3n) is 4.36. The number of rotatable bonds is 9. The third kappa shape index (κ3) is 7.02. The van der Waals surface area contributed by atoms with Gasteiger partial charge < -0.3 is 10.6 Å². The number of hydrogen-bond acceptors (Lipinski definition) is 4. The fourth-order valence-electron chi connectivity index (χ4n) is 2.63. The highest BCUT2D eigenvalue weighted by Crippen LogP contribution is 2.13. The van der Waals surface area contributed by atoms with Gasteiger partial charge in [-0.05, 0) is 37.5 Å². The first kappa shape index (κ1) is 21.4. The number of pyridine rings is 1. The molecule has 0 bridgehead atoms. The van der Waals surface area contributed by atoms with E-state index < -0.39 is 0 Å². The van der Waals surface area contributed by atoms with E-state index in [1.165, 1.54) is 11.1 Å². The van der Waals surface area contributed by atoms with Crippen molar-refractivity contribution in [2.75, 3.05) is 31.6 Å². The van der Waals surface area contributed by atoms with Crippen molar-refractivity contribution in [2.45, 2.75) is 32.9 Å². The standard InChI is InChI=1S/C20H30N4.ClH/c1-17(2)23(3)20-10-9-19(15-22-20)16-24(14-12-21)13-11-18-7-5-4-6-8-18;/h4-10,15,17H,11-14,16,21H2,1-3H3;1H. The van der Waals surface area contributed by atoms with E-state index in [-0.39, 0.29) is 12.4 Å². The number of benzene rings is 1. The van der Waals surface area contributed by atoms with Gasteiger partial charge >= 0.3 is 0 Å². The Morgan fingerprint density at radius 3 is 2.28 bits per heavy atom. The SMILES string of the molecule is CC(C)N(C)c1ccc(CN(CCN)CCc2ccccc2)cn1.Cl. The number of halogens is 1. The van der Waals surface area contributed by atoms with Crippen LogP contribution in [0.1, 0.15) is 25.0 Å². The summed E-state index contributed by atoms with van der Waals surface area (Å²) in [6, 6.07) is 15.3. The molecule has 2 aromatic rings. The van der Waals surface area contributed by atoms with Gasteiger partial charge in [0.05, 0.1) is 0 Å². The summed E-state index contributed by atoms with van der Waals surface area (Å²) in [6.07, 6.45) is 3.03. The second-order valence-corrected chi connectivity index (χ2v) is 6.53. The largest absolute Gasteiger partial charge is 0.357 e. The van der Waals surface area contributed by atoms with Crippen molar-refractivity contribution >= 4 is 18.2 Å². The van der Waals surface area contributed by atoms with E-state index >= 15 is 0 Å². The molecule has 138 valence electrons. The zero-order valence-electron chi connectivity index (χ0n) is 15.6. The van der Waals surface area contributed by atoms with E-state index in [4.69, 9.17) is 5.73 Å². The average molecular weight is 363 g/mol. The quantitative estimate of drug-likeness (QED) is 0.743. The minimum Gasteiger partial charge on any atom is -0.357 e.